The highest BCUT2D eigenvalue weighted by atomic mass is 19.1. The summed E-state index contributed by atoms with van der Waals surface area (Å²) in [5.74, 6) is -3.76. The van der Waals surface area contributed by atoms with Crippen LogP contribution in [0.4, 0.5) is 13.2 Å². The summed E-state index contributed by atoms with van der Waals surface area (Å²) in [4.78, 5) is 43.0. The van der Waals surface area contributed by atoms with E-state index in [9.17, 15) is 27.6 Å². The second kappa shape index (κ2) is 12.7. The summed E-state index contributed by atoms with van der Waals surface area (Å²) in [5, 5.41) is 3.77. The summed E-state index contributed by atoms with van der Waals surface area (Å²) in [7, 11) is 0. The standard InChI is InChI=1S/C34H31F3N4O3/c1-3-30(41-18-27(19(2)42)25-7-4-5-9-31(25)41)34(44)40-29(15-20-13-22(35)17-23(36)14-20)32-24(8-6-12-39-32)21-10-11-28(37)26(16-21)33(38)43/h4-5,7,9-14,16-18,29-30H,3,6,8,15H2,1-2H3,(H2,38,43)(H,40,44). The molecular weight excluding hydrogens is 569 g/mol. The first-order valence-corrected chi connectivity index (χ1v) is 14.3. The molecule has 0 radical (unpaired) electrons. The van der Waals surface area contributed by atoms with Gasteiger partial charge in [-0.25, -0.2) is 13.2 Å². The molecule has 2 amide bonds. The predicted octanol–water partition coefficient (Wildman–Crippen LogP) is 6.31. The molecule has 1 aliphatic heterocycles. The largest absolute Gasteiger partial charge is 0.366 e. The lowest BCUT2D eigenvalue weighted by atomic mass is 9.90. The number of fused-ring (bicyclic) bond motifs is 1. The number of aliphatic imine (C=N–C) groups is 1. The number of hydrogen-bond acceptors (Lipinski definition) is 4. The smallest absolute Gasteiger partial charge is 0.251 e. The lowest BCUT2D eigenvalue weighted by Crippen LogP contribution is -2.42. The molecule has 3 aromatic carbocycles. The number of carbonyl (C=O) groups is 3. The van der Waals surface area contributed by atoms with Crippen LogP contribution in [0.2, 0.25) is 0 Å². The lowest BCUT2D eigenvalue weighted by molar-refractivity contribution is -0.124. The van der Waals surface area contributed by atoms with Gasteiger partial charge in [0.2, 0.25) is 5.91 Å². The van der Waals surface area contributed by atoms with Gasteiger partial charge >= 0.3 is 0 Å². The number of ketones is 1. The molecule has 0 spiro atoms. The summed E-state index contributed by atoms with van der Waals surface area (Å²) >= 11 is 0. The van der Waals surface area contributed by atoms with E-state index in [0.717, 1.165) is 17.5 Å². The Morgan fingerprint density at radius 1 is 1.00 bits per heavy atom. The number of nitrogens with zero attached hydrogens (tertiary/aromatic N) is 2. The Bertz CT molecular complexity index is 1820. The van der Waals surface area contributed by atoms with E-state index in [0.29, 0.717) is 47.2 Å². The SMILES string of the molecule is CCC(C(=O)NC(Cc1cc(F)cc(F)c1)C1=C(c2ccc(F)c(C(N)=O)c2)CCC=N1)n1cc(C(C)=O)c2ccccc21. The maximum absolute atomic E-state index is 14.3. The van der Waals surface area contributed by atoms with Crippen LogP contribution in [0.3, 0.4) is 0 Å². The van der Waals surface area contributed by atoms with Crippen LogP contribution in [-0.2, 0) is 11.2 Å². The Morgan fingerprint density at radius 3 is 2.41 bits per heavy atom. The number of Topliss-reactive ketones (excluding diaryl/α,β-unsaturated/α-hetero) is 1. The minimum absolute atomic E-state index is 0.0119. The van der Waals surface area contributed by atoms with E-state index >= 15 is 0 Å². The van der Waals surface area contributed by atoms with Crippen molar-refractivity contribution in [1.29, 1.82) is 0 Å². The maximum atomic E-state index is 14.3. The third-order valence-corrected chi connectivity index (χ3v) is 7.80. The van der Waals surface area contributed by atoms with E-state index in [2.05, 4.69) is 10.3 Å². The number of aromatic nitrogens is 1. The topological polar surface area (TPSA) is 107 Å². The minimum Gasteiger partial charge on any atom is -0.366 e. The average molecular weight is 601 g/mol. The number of nitrogens with one attached hydrogen (secondary N) is 1. The van der Waals surface area contributed by atoms with Gasteiger partial charge in [0.15, 0.2) is 5.78 Å². The zero-order valence-electron chi connectivity index (χ0n) is 24.2. The second-order valence-corrected chi connectivity index (χ2v) is 10.8. The number of para-hydroxylation sites is 1. The molecule has 3 N–H and O–H groups in total. The minimum atomic E-state index is -0.930. The van der Waals surface area contributed by atoms with E-state index in [-0.39, 0.29) is 23.3 Å². The Labute approximate surface area is 252 Å². The Kier molecular flexibility index (Phi) is 8.80. The van der Waals surface area contributed by atoms with Crippen molar-refractivity contribution in [3.8, 4) is 0 Å². The van der Waals surface area contributed by atoms with Crippen molar-refractivity contribution >= 4 is 40.3 Å². The lowest BCUT2D eigenvalue weighted by Gasteiger charge is -2.27. The normalized spacial score (nSPS) is 14.5. The molecule has 10 heteroatoms. The molecule has 0 saturated heterocycles. The van der Waals surface area contributed by atoms with Crippen LogP contribution in [0.5, 0.6) is 0 Å². The Morgan fingerprint density at radius 2 is 1.73 bits per heavy atom. The average Bonchev–Trinajstić information content (AvgIpc) is 3.37. The number of benzene rings is 3. The molecule has 0 fully saturated rings. The molecule has 7 nitrogen and oxygen atoms in total. The van der Waals surface area contributed by atoms with Gasteiger partial charge in [0.05, 0.1) is 17.3 Å². The molecule has 226 valence electrons. The van der Waals surface area contributed by atoms with Gasteiger partial charge in [-0.1, -0.05) is 31.2 Å². The third kappa shape index (κ3) is 6.20. The Hall–Kier alpha value is -4.99. The van der Waals surface area contributed by atoms with Crippen LogP contribution in [0.15, 0.2) is 77.5 Å². The number of halogens is 3. The molecule has 4 aromatic rings. The van der Waals surface area contributed by atoms with Crippen LogP contribution >= 0.6 is 0 Å². The third-order valence-electron chi connectivity index (χ3n) is 7.80. The predicted molar refractivity (Wildman–Crippen MR) is 163 cm³/mol. The molecule has 44 heavy (non-hydrogen) atoms. The van der Waals surface area contributed by atoms with Crippen LogP contribution in [0.1, 0.15) is 71.0 Å². The van der Waals surface area contributed by atoms with Gasteiger partial charge in [-0.05, 0) is 79.6 Å². The van der Waals surface area contributed by atoms with Gasteiger partial charge in [0.25, 0.3) is 5.91 Å². The van der Waals surface area contributed by atoms with Crippen LogP contribution in [0.25, 0.3) is 16.5 Å². The molecule has 2 heterocycles. The highest BCUT2D eigenvalue weighted by Crippen LogP contribution is 2.33. The van der Waals surface area contributed by atoms with E-state index in [1.807, 2.05) is 31.2 Å². The number of allylic oxidation sites excluding steroid dienone is 1. The summed E-state index contributed by atoms with van der Waals surface area (Å²) in [6.45, 7) is 3.31. The molecule has 0 aliphatic carbocycles. The van der Waals surface area contributed by atoms with Crippen molar-refractivity contribution in [3.63, 3.8) is 0 Å². The summed E-state index contributed by atoms with van der Waals surface area (Å²) in [6, 6.07) is 12.8. The van der Waals surface area contributed by atoms with Gasteiger partial charge < -0.3 is 15.6 Å². The fourth-order valence-corrected chi connectivity index (χ4v) is 5.77. The fourth-order valence-electron chi connectivity index (χ4n) is 5.77. The van der Waals surface area contributed by atoms with Gasteiger partial charge in [-0.2, -0.15) is 0 Å². The van der Waals surface area contributed by atoms with Crippen molar-refractivity contribution in [3.05, 3.63) is 112 Å². The molecule has 5 rings (SSSR count). The summed E-state index contributed by atoms with van der Waals surface area (Å²) < 4.78 is 44.5. The van der Waals surface area contributed by atoms with Gasteiger partial charge in [-0.15, -0.1) is 0 Å². The second-order valence-electron chi connectivity index (χ2n) is 10.8. The monoisotopic (exact) mass is 600 g/mol. The number of hydrogen-bond donors (Lipinski definition) is 2. The maximum Gasteiger partial charge on any atom is 0.251 e. The van der Waals surface area contributed by atoms with E-state index in [1.54, 1.807) is 17.0 Å². The first-order chi connectivity index (χ1) is 21.1. The van der Waals surface area contributed by atoms with E-state index in [1.165, 1.54) is 31.2 Å². The molecule has 1 aliphatic rings. The highest BCUT2D eigenvalue weighted by Gasteiger charge is 2.29. The van der Waals surface area contributed by atoms with Crippen LogP contribution in [0, 0.1) is 17.5 Å². The molecule has 2 unspecified atom stereocenters. The van der Waals surface area contributed by atoms with Crippen molar-refractivity contribution in [1.82, 2.24) is 9.88 Å². The summed E-state index contributed by atoms with van der Waals surface area (Å²) in [5.41, 5.74) is 8.13. The zero-order chi connectivity index (χ0) is 31.5. The van der Waals surface area contributed by atoms with Crippen molar-refractivity contribution < 1.29 is 27.6 Å². The van der Waals surface area contributed by atoms with Crippen LogP contribution < -0.4 is 11.1 Å². The number of nitrogens with two attached hydrogens (primary N) is 1. The van der Waals surface area contributed by atoms with Crippen LogP contribution in [-0.4, -0.2) is 34.4 Å². The summed E-state index contributed by atoms with van der Waals surface area (Å²) in [6.07, 6.45) is 4.70. The van der Waals surface area contributed by atoms with E-state index < -0.39 is 41.3 Å². The van der Waals surface area contributed by atoms with Gasteiger partial charge in [0.1, 0.15) is 23.5 Å². The number of primary amides is 1. The van der Waals surface area contributed by atoms with Gasteiger partial charge in [-0.3, -0.25) is 19.4 Å². The van der Waals surface area contributed by atoms with Crippen molar-refractivity contribution in [2.24, 2.45) is 10.7 Å². The fraction of sp³-hybridized carbons (Fsp3) is 0.235. The quantitative estimate of drug-likeness (QED) is 0.208. The number of carbonyl (C=O) groups excluding carboxylic acids is 3. The van der Waals surface area contributed by atoms with Crippen molar-refractivity contribution in [2.75, 3.05) is 0 Å². The zero-order valence-corrected chi connectivity index (χ0v) is 24.2. The van der Waals surface area contributed by atoms with E-state index in [4.69, 9.17) is 5.73 Å². The first kappa shape index (κ1) is 30.5. The number of amides is 2. The molecule has 2 atom stereocenters. The molecule has 0 saturated carbocycles. The van der Waals surface area contributed by atoms with Gasteiger partial charge in [0, 0.05) is 34.9 Å². The molecule has 0 bridgehead atoms. The molecular formula is C34H31F3N4O3. The highest BCUT2D eigenvalue weighted by molar-refractivity contribution is 6.07. The first-order valence-electron chi connectivity index (χ1n) is 14.3. The molecule has 1 aromatic heterocycles. The number of rotatable bonds is 10. The van der Waals surface area contributed by atoms with Crippen molar-refractivity contribution in [2.45, 2.75) is 51.6 Å². The Balaban J connectivity index is 1.60.